The van der Waals surface area contributed by atoms with Gasteiger partial charge in [-0.2, -0.15) is 0 Å². The monoisotopic (exact) mass is 269 g/mol. The molecule has 0 saturated carbocycles. The molecule has 1 aromatic carbocycles. The van der Waals surface area contributed by atoms with Gasteiger partial charge in [-0.1, -0.05) is 31.0 Å². The van der Waals surface area contributed by atoms with E-state index in [1.165, 1.54) is 0 Å². The number of hydrogen-bond acceptors (Lipinski definition) is 3. The van der Waals surface area contributed by atoms with Gasteiger partial charge in [0.1, 0.15) is 0 Å². The van der Waals surface area contributed by atoms with Gasteiger partial charge in [0.2, 0.25) is 5.91 Å². The second kappa shape index (κ2) is 7.16. The largest absolute Gasteiger partial charge is 0.370 e. The van der Waals surface area contributed by atoms with Gasteiger partial charge in [-0.3, -0.25) is 4.79 Å². The Kier molecular flexibility index (Phi) is 5.85. The lowest BCUT2D eigenvalue weighted by atomic mass is 10.1. The maximum atomic E-state index is 11.9. The van der Waals surface area contributed by atoms with Crippen molar-refractivity contribution in [2.24, 2.45) is 5.73 Å². The lowest BCUT2D eigenvalue weighted by molar-refractivity contribution is -0.118. The molecule has 0 aliphatic carbocycles. The average molecular weight is 269 g/mol. The molecule has 0 spiro atoms. The average Bonchev–Trinajstić information content (AvgIpc) is 2.34. The minimum atomic E-state index is -3.16. The first kappa shape index (κ1) is 14.7. The molecule has 5 heteroatoms. The van der Waals surface area contributed by atoms with Crippen molar-refractivity contribution in [3.05, 3.63) is 30.3 Å². The first-order valence-electron chi connectivity index (χ1n) is 6.08. The third kappa shape index (κ3) is 5.31. The maximum Gasteiger partial charge on any atom is 0.217 e. The lowest BCUT2D eigenvalue weighted by Crippen LogP contribution is -2.10. The number of unbranched alkanes of at least 4 members (excludes halogenated alkanes) is 3. The second-order valence-electron chi connectivity index (χ2n) is 4.26. The zero-order valence-electron chi connectivity index (χ0n) is 10.3. The Balaban J connectivity index is 2.29. The van der Waals surface area contributed by atoms with Crippen LogP contribution in [0.25, 0.3) is 0 Å². The number of carbonyl (C=O) groups excluding carboxylic acids is 1. The summed E-state index contributed by atoms with van der Waals surface area (Å²) >= 11 is 0. The van der Waals surface area contributed by atoms with Crippen LogP contribution in [0.2, 0.25) is 0 Å². The van der Waals surface area contributed by atoms with Gasteiger partial charge in [0.05, 0.1) is 10.6 Å². The standard InChI is InChI=1S/C13H19NO3S/c14-13(15)10-6-1-2-7-11-18(16,17)12-8-4-3-5-9-12/h3-5,8-9H,1-2,6-7,10-11H2,(H2,14,15). The fraction of sp³-hybridized carbons (Fsp3) is 0.462. The molecule has 0 aliphatic heterocycles. The number of rotatable bonds is 8. The van der Waals surface area contributed by atoms with Crippen LogP contribution in [0.4, 0.5) is 0 Å². The summed E-state index contributed by atoms with van der Waals surface area (Å²) in [5, 5.41) is 0. The van der Waals surface area contributed by atoms with Crippen LogP contribution in [-0.4, -0.2) is 20.1 Å². The van der Waals surface area contributed by atoms with E-state index in [4.69, 9.17) is 5.73 Å². The molecule has 0 bridgehead atoms. The normalized spacial score (nSPS) is 11.3. The summed E-state index contributed by atoms with van der Waals surface area (Å²) in [5.74, 6) is -0.139. The number of primary amides is 1. The molecular weight excluding hydrogens is 250 g/mol. The number of nitrogens with two attached hydrogens (primary N) is 1. The lowest BCUT2D eigenvalue weighted by Gasteiger charge is -2.04. The fourth-order valence-corrected chi connectivity index (χ4v) is 3.08. The summed E-state index contributed by atoms with van der Waals surface area (Å²) in [7, 11) is -3.16. The SMILES string of the molecule is NC(=O)CCCCCCS(=O)(=O)c1ccccc1. The molecule has 0 atom stereocenters. The van der Waals surface area contributed by atoms with Crippen LogP contribution >= 0.6 is 0 Å². The van der Waals surface area contributed by atoms with Crippen LogP contribution in [0.15, 0.2) is 35.2 Å². The van der Waals surface area contributed by atoms with Gasteiger partial charge in [-0.15, -0.1) is 0 Å². The molecule has 0 unspecified atom stereocenters. The third-order valence-electron chi connectivity index (χ3n) is 2.69. The topological polar surface area (TPSA) is 77.2 Å². The maximum absolute atomic E-state index is 11.9. The number of carbonyl (C=O) groups is 1. The van der Waals surface area contributed by atoms with E-state index in [0.717, 1.165) is 19.3 Å². The van der Waals surface area contributed by atoms with Crippen molar-refractivity contribution in [3.63, 3.8) is 0 Å². The Morgan fingerprint density at radius 1 is 1.00 bits per heavy atom. The Bertz CT molecular complexity index is 468. The molecule has 4 nitrogen and oxygen atoms in total. The molecule has 2 N–H and O–H groups in total. The molecule has 1 amide bonds. The summed E-state index contributed by atoms with van der Waals surface area (Å²) in [5.41, 5.74) is 5.02. The van der Waals surface area contributed by atoms with Crippen molar-refractivity contribution in [2.75, 3.05) is 5.75 Å². The summed E-state index contributed by atoms with van der Waals surface area (Å²) in [6.45, 7) is 0. The van der Waals surface area contributed by atoms with E-state index in [9.17, 15) is 13.2 Å². The van der Waals surface area contributed by atoms with E-state index < -0.39 is 9.84 Å². The molecule has 18 heavy (non-hydrogen) atoms. The third-order valence-corrected chi connectivity index (χ3v) is 4.51. The van der Waals surface area contributed by atoms with E-state index in [1.807, 2.05) is 0 Å². The highest BCUT2D eigenvalue weighted by atomic mass is 32.2. The van der Waals surface area contributed by atoms with E-state index in [1.54, 1.807) is 30.3 Å². The molecule has 0 aliphatic rings. The van der Waals surface area contributed by atoms with Crippen LogP contribution in [0.1, 0.15) is 32.1 Å². The number of benzene rings is 1. The van der Waals surface area contributed by atoms with Gasteiger partial charge in [0, 0.05) is 6.42 Å². The van der Waals surface area contributed by atoms with Crippen LogP contribution < -0.4 is 5.73 Å². The predicted molar refractivity (Wildman–Crippen MR) is 70.8 cm³/mol. The summed E-state index contributed by atoms with van der Waals surface area (Å²) in [6.07, 6.45) is 3.38. The van der Waals surface area contributed by atoms with Crippen molar-refractivity contribution in [1.82, 2.24) is 0 Å². The molecule has 1 rings (SSSR count). The molecule has 0 saturated heterocycles. The number of amides is 1. The van der Waals surface area contributed by atoms with Crippen molar-refractivity contribution in [3.8, 4) is 0 Å². The van der Waals surface area contributed by atoms with Crippen LogP contribution in [0.5, 0.6) is 0 Å². The van der Waals surface area contributed by atoms with Crippen molar-refractivity contribution >= 4 is 15.7 Å². The van der Waals surface area contributed by atoms with Crippen LogP contribution in [-0.2, 0) is 14.6 Å². The zero-order valence-corrected chi connectivity index (χ0v) is 11.2. The highest BCUT2D eigenvalue weighted by Crippen LogP contribution is 2.13. The predicted octanol–water partition coefficient (Wildman–Crippen LogP) is 1.90. The van der Waals surface area contributed by atoms with Crippen molar-refractivity contribution in [2.45, 2.75) is 37.0 Å². The molecular formula is C13H19NO3S. The van der Waals surface area contributed by atoms with E-state index in [0.29, 0.717) is 17.7 Å². The quantitative estimate of drug-likeness (QED) is 0.732. The molecule has 100 valence electrons. The van der Waals surface area contributed by atoms with Gasteiger partial charge in [-0.25, -0.2) is 8.42 Å². The van der Waals surface area contributed by atoms with Gasteiger partial charge < -0.3 is 5.73 Å². The molecule has 1 aromatic rings. The van der Waals surface area contributed by atoms with Crippen molar-refractivity contribution < 1.29 is 13.2 Å². The Morgan fingerprint density at radius 3 is 2.22 bits per heavy atom. The first-order chi connectivity index (χ1) is 8.52. The highest BCUT2D eigenvalue weighted by Gasteiger charge is 2.12. The van der Waals surface area contributed by atoms with Gasteiger partial charge in [0.25, 0.3) is 0 Å². The first-order valence-corrected chi connectivity index (χ1v) is 7.74. The fourth-order valence-electron chi connectivity index (χ4n) is 1.69. The summed E-state index contributed by atoms with van der Waals surface area (Å²) in [6, 6.07) is 8.47. The molecule has 0 fully saturated rings. The van der Waals surface area contributed by atoms with Gasteiger partial charge in [0.15, 0.2) is 9.84 Å². The molecule has 0 heterocycles. The van der Waals surface area contributed by atoms with Gasteiger partial charge >= 0.3 is 0 Å². The van der Waals surface area contributed by atoms with E-state index in [2.05, 4.69) is 0 Å². The Morgan fingerprint density at radius 2 is 1.61 bits per heavy atom. The van der Waals surface area contributed by atoms with Crippen LogP contribution in [0.3, 0.4) is 0 Å². The second-order valence-corrected chi connectivity index (χ2v) is 6.37. The number of hydrogen-bond donors (Lipinski definition) is 1. The Labute approximate surface area is 108 Å². The van der Waals surface area contributed by atoms with E-state index in [-0.39, 0.29) is 11.7 Å². The molecule has 0 aromatic heterocycles. The zero-order chi connectivity index (χ0) is 13.4. The summed E-state index contributed by atoms with van der Waals surface area (Å²) < 4.78 is 23.8. The minimum Gasteiger partial charge on any atom is -0.370 e. The summed E-state index contributed by atoms with van der Waals surface area (Å²) in [4.78, 5) is 10.9. The molecule has 0 radical (unpaired) electrons. The van der Waals surface area contributed by atoms with Crippen LogP contribution in [0, 0.1) is 0 Å². The minimum absolute atomic E-state index is 0.160. The van der Waals surface area contributed by atoms with Gasteiger partial charge in [-0.05, 0) is 25.0 Å². The number of sulfone groups is 1. The van der Waals surface area contributed by atoms with E-state index >= 15 is 0 Å². The highest BCUT2D eigenvalue weighted by molar-refractivity contribution is 7.91. The smallest absolute Gasteiger partial charge is 0.217 e. The van der Waals surface area contributed by atoms with Crippen molar-refractivity contribution in [1.29, 1.82) is 0 Å². The Hall–Kier alpha value is -1.36.